The number of nitrogens with one attached hydrogen (secondary N) is 2. The Morgan fingerprint density at radius 2 is 1.80 bits per heavy atom. The van der Waals surface area contributed by atoms with E-state index in [1.54, 1.807) is 5.56 Å². The lowest BCUT2D eigenvalue weighted by Gasteiger charge is -2.66. The van der Waals surface area contributed by atoms with E-state index in [4.69, 9.17) is 0 Å². The highest BCUT2D eigenvalue weighted by Gasteiger charge is 2.62. The van der Waals surface area contributed by atoms with Gasteiger partial charge in [0.2, 0.25) is 0 Å². The molecule has 0 radical (unpaired) electrons. The minimum Gasteiger partial charge on any atom is -0.316 e. The average Bonchev–Trinajstić information content (AvgIpc) is 3.00. The molecule has 2 nitrogen and oxygen atoms in total. The molecule has 1 aromatic rings. The smallest absolute Gasteiger partial charge is 0.0155 e. The number of benzene rings is 1. The Balaban J connectivity index is 1.29. The summed E-state index contributed by atoms with van der Waals surface area (Å²) in [7, 11) is 0. The maximum atomic E-state index is 4.06. The van der Waals surface area contributed by atoms with E-state index in [1.807, 2.05) is 0 Å². The minimum atomic E-state index is 0.470. The number of fused-ring (bicyclic) bond motifs is 1. The predicted molar refractivity (Wildman–Crippen MR) is 101 cm³/mol. The molecule has 0 aromatic heterocycles. The zero-order chi connectivity index (χ0) is 16.7. The third kappa shape index (κ3) is 2.23. The number of hydrogen-bond donors (Lipinski definition) is 2. The Morgan fingerprint density at radius 3 is 2.56 bits per heavy atom. The first-order chi connectivity index (χ1) is 12.1. The second-order valence-corrected chi connectivity index (χ2v) is 10.9. The second-order valence-electron chi connectivity index (χ2n) is 10.9. The highest BCUT2D eigenvalue weighted by molar-refractivity contribution is 5.31. The Bertz CT molecular complexity index is 677. The molecule has 5 saturated carbocycles. The van der Waals surface area contributed by atoms with Crippen LogP contribution in [0.15, 0.2) is 30.3 Å². The Labute approximate surface area is 152 Å². The highest BCUT2D eigenvalue weighted by Crippen LogP contribution is 2.69. The van der Waals surface area contributed by atoms with Crippen molar-refractivity contribution in [2.75, 3.05) is 19.6 Å². The van der Waals surface area contributed by atoms with Crippen molar-refractivity contribution in [1.29, 1.82) is 0 Å². The summed E-state index contributed by atoms with van der Waals surface area (Å²) < 4.78 is 0. The van der Waals surface area contributed by atoms with Gasteiger partial charge in [-0.25, -0.2) is 0 Å². The molecule has 134 valence electrons. The molecule has 0 spiro atoms. The Morgan fingerprint density at radius 1 is 1.00 bits per heavy atom. The first-order valence-electron chi connectivity index (χ1n) is 10.6. The molecule has 2 heteroatoms. The average molecular weight is 337 g/mol. The van der Waals surface area contributed by atoms with E-state index < -0.39 is 0 Å². The van der Waals surface area contributed by atoms with Gasteiger partial charge in [0.1, 0.15) is 0 Å². The van der Waals surface area contributed by atoms with E-state index in [0.29, 0.717) is 16.2 Å². The van der Waals surface area contributed by atoms with Crippen molar-refractivity contribution in [3.8, 4) is 0 Å². The van der Waals surface area contributed by atoms with Crippen LogP contribution in [0.5, 0.6) is 0 Å². The fourth-order valence-electron chi connectivity index (χ4n) is 8.51. The van der Waals surface area contributed by atoms with Gasteiger partial charge in [-0.2, -0.15) is 0 Å². The minimum absolute atomic E-state index is 0.470. The number of rotatable bonds is 4. The fourth-order valence-corrected chi connectivity index (χ4v) is 8.51. The van der Waals surface area contributed by atoms with Crippen LogP contribution in [0.1, 0.15) is 51.0 Å². The van der Waals surface area contributed by atoms with Gasteiger partial charge in [-0.1, -0.05) is 37.3 Å². The monoisotopic (exact) mass is 336 g/mol. The van der Waals surface area contributed by atoms with Crippen molar-refractivity contribution in [3.63, 3.8) is 0 Å². The van der Waals surface area contributed by atoms with E-state index in [9.17, 15) is 0 Å². The summed E-state index contributed by atoms with van der Waals surface area (Å²) in [5, 5.41) is 7.60. The second kappa shape index (κ2) is 4.89. The van der Waals surface area contributed by atoms with Crippen LogP contribution in [-0.4, -0.2) is 25.7 Å². The van der Waals surface area contributed by atoms with Crippen molar-refractivity contribution in [1.82, 2.24) is 10.6 Å². The van der Waals surface area contributed by atoms with Gasteiger partial charge in [-0.15, -0.1) is 0 Å². The summed E-state index contributed by atoms with van der Waals surface area (Å²) in [4.78, 5) is 0. The van der Waals surface area contributed by atoms with Gasteiger partial charge in [0.25, 0.3) is 0 Å². The molecule has 6 fully saturated rings. The van der Waals surface area contributed by atoms with Gasteiger partial charge >= 0.3 is 0 Å². The van der Waals surface area contributed by atoms with Crippen LogP contribution < -0.4 is 10.6 Å². The normalized spacial score (nSPS) is 52.4. The van der Waals surface area contributed by atoms with Crippen molar-refractivity contribution in [3.05, 3.63) is 35.9 Å². The Kier molecular flexibility index (Phi) is 2.98. The first-order valence-corrected chi connectivity index (χ1v) is 10.6. The third-order valence-corrected chi connectivity index (χ3v) is 8.65. The molecule has 7 atom stereocenters. The first kappa shape index (κ1) is 15.2. The molecule has 1 aliphatic heterocycles. The van der Waals surface area contributed by atoms with Crippen LogP contribution in [-0.2, 0) is 5.41 Å². The van der Waals surface area contributed by atoms with Crippen LogP contribution in [0.25, 0.3) is 0 Å². The molecule has 0 amide bonds. The van der Waals surface area contributed by atoms with Gasteiger partial charge in [-0.05, 0) is 91.2 Å². The van der Waals surface area contributed by atoms with Crippen molar-refractivity contribution in [2.24, 2.45) is 28.6 Å². The lowest BCUT2D eigenvalue weighted by Crippen LogP contribution is -2.60. The highest BCUT2D eigenvalue weighted by atomic mass is 15.1. The maximum absolute atomic E-state index is 4.06. The summed E-state index contributed by atoms with van der Waals surface area (Å²) in [6.07, 6.45) is 8.77. The maximum Gasteiger partial charge on any atom is 0.0155 e. The quantitative estimate of drug-likeness (QED) is 0.875. The summed E-state index contributed by atoms with van der Waals surface area (Å²) in [5.41, 5.74) is 3.26. The van der Waals surface area contributed by atoms with E-state index >= 15 is 0 Å². The molecule has 2 N–H and O–H groups in total. The van der Waals surface area contributed by atoms with Crippen molar-refractivity contribution < 1.29 is 0 Å². The van der Waals surface area contributed by atoms with Crippen LogP contribution in [0.4, 0.5) is 0 Å². The van der Waals surface area contributed by atoms with Gasteiger partial charge in [-0.3, -0.25) is 0 Å². The largest absolute Gasteiger partial charge is 0.316 e. The number of hydrogen-bond acceptors (Lipinski definition) is 2. The predicted octanol–water partition coefficient (Wildman–Crippen LogP) is 3.72. The summed E-state index contributed by atoms with van der Waals surface area (Å²) in [6, 6.07) is 12.4. The van der Waals surface area contributed by atoms with Crippen molar-refractivity contribution >= 4 is 0 Å². The van der Waals surface area contributed by atoms with E-state index in [1.165, 1.54) is 58.2 Å². The molecule has 25 heavy (non-hydrogen) atoms. The summed E-state index contributed by atoms with van der Waals surface area (Å²) >= 11 is 0. The van der Waals surface area contributed by atoms with Gasteiger partial charge in [0.15, 0.2) is 0 Å². The third-order valence-electron chi connectivity index (χ3n) is 8.65. The standard InChI is InChI=1S/C23H32N2/c1-21-7-16-8-22(12-21,15-25-20-18-10-24-11-19(18)20)14-23(9-16,13-21)17-5-3-2-4-6-17/h2-6,16,18-20,24-25H,7-15H2,1H3/t16?,18-,19+,20?,21?,22?,23?. The van der Waals surface area contributed by atoms with E-state index in [0.717, 1.165) is 23.8 Å². The number of piperidine rings is 1. The topological polar surface area (TPSA) is 24.1 Å². The lowest BCUT2D eigenvalue weighted by atomic mass is 9.39. The molecule has 1 aromatic carbocycles. The SMILES string of the molecule is CC12CC3CC(CNC4[C@H]5CNC[C@@H]45)(C1)CC(c1ccccc1)(C3)C2. The van der Waals surface area contributed by atoms with Crippen LogP contribution in [0, 0.1) is 28.6 Å². The molecular weight excluding hydrogens is 304 g/mol. The van der Waals surface area contributed by atoms with Crippen LogP contribution in [0.3, 0.4) is 0 Å². The van der Waals surface area contributed by atoms with E-state index in [2.05, 4.69) is 47.9 Å². The Hall–Kier alpha value is -0.860. The van der Waals surface area contributed by atoms with Gasteiger partial charge in [0, 0.05) is 12.6 Å². The molecule has 5 aliphatic carbocycles. The molecule has 7 rings (SSSR count). The molecule has 5 unspecified atom stereocenters. The summed E-state index contributed by atoms with van der Waals surface area (Å²) in [6.45, 7) is 6.40. The molecule has 1 heterocycles. The fraction of sp³-hybridized carbons (Fsp3) is 0.739. The molecule has 4 bridgehead atoms. The van der Waals surface area contributed by atoms with E-state index in [-0.39, 0.29) is 0 Å². The van der Waals surface area contributed by atoms with Gasteiger partial charge in [0.05, 0.1) is 0 Å². The molecular formula is C23H32N2. The molecule has 6 aliphatic rings. The lowest BCUT2D eigenvalue weighted by molar-refractivity contribution is -0.117. The van der Waals surface area contributed by atoms with Crippen molar-refractivity contribution in [2.45, 2.75) is 56.9 Å². The molecule has 1 saturated heterocycles. The van der Waals surface area contributed by atoms with Gasteiger partial charge < -0.3 is 10.6 Å². The van der Waals surface area contributed by atoms with Crippen LogP contribution >= 0.6 is 0 Å². The zero-order valence-corrected chi connectivity index (χ0v) is 15.6. The summed E-state index contributed by atoms with van der Waals surface area (Å²) in [5.74, 6) is 2.84. The zero-order valence-electron chi connectivity index (χ0n) is 15.6. The van der Waals surface area contributed by atoms with Crippen LogP contribution in [0.2, 0.25) is 0 Å².